The lowest BCUT2D eigenvalue weighted by atomic mass is 10.1. The molecule has 3 rings (SSSR count). The summed E-state index contributed by atoms with van der Waals surface area (Å²) >= 11 is 1.61. The van der Waals surface area contributed by atoms with E-state index in [1.807, 2.05) is 16.8 Å². The van der Waals surface area contributed by atoms with Gasteiger partial charge in [-0.15, -0.1) is 12.4 Å². The van der Waals surface area contributed by atoms with Crippen LogP contribution in [0.5, 0.6) is 0 Å². The van der Waals surface area contributed by atoms with Crippen molar-refractivity contribution < 1.29 is 5.48 Å². The van der Waals surface area contributed by atoms with Crippen molar-refractivity contribution in [1.29, 1.82) is 0 Å². The van der Waals surface area contributed by atoms with E-state index in [2.05, 4.69) is 15.0 Å². The average Bonchev–Trinajstić information content (AvgIpc) is 2.91. The predicted molar refractivity (Wildman–Crippen MR) is 83.5 cm³/mol. The molecule has 0 aromatic carbocycles. The van der Waals surface area contributed by atoms with E-state index in [0.29, 0.717) is 23.3 Å². The number of nitrogens with two attached hydrogens (primary N) is 2. The lowest BCUT2D eigenvalue weighted by Crippen LogP contribution is -2.11. The molecule has 0 spiro atoms. The largest absolute Gasteiger partial charge is 0.412 e. The molecule has 3 aromatic rings. The quantitative estimate of drug-likeness (QED) is 0.550. The maximum Gasteiger partial charge on any atom is 0.276 e. The Balaban J connectivity index is 0.000001000. The van der Waals surface area contributed by atoms with E-state index in [4.69, 9.17) is 11.5 Å². The van der Waals surface area contributed by atoms with Gasteiger partial charge in [0.05, 0.1) is 0 Å². The molecule has 0 fully saturated rings. The van der Waals surface area contributed by atoms with Crippen molar-refractivity contribution in [1.82, 2.24) is 15.0 Å². The molecule has 0 amide bonds. The number of nitrogens with zero attached hydrogens (tertiary/aromatic N) is 1. The van der Waals surface area contributed by atoms with Crippen LogP contribution in [0.15, 0.2) is 21.6 Å². The fraction of sp³-hybridized carbons (Fsp3) is 0.0909. The van der Waals surface area contributed by atoms with Crippen LogP contribution in [0.4, 0.5) is 11.8 Å². The Labute approximate surface area is 123 Å². The van der Waals surface area contributed by atoms with Crippen molar-refractivity contribution in [3.05, 3.63) is 38.3 Å². The molecule has 9 heteroatoms. The minimum atomic E-state index is -0.305. The van der Waals surface area contributed by atoms with E-state index in [0.717, 1.165) is 11.1 Å². The van der Waals surface area contributed by atoms with Gasteiger partial charge in [-0.1, -0.05) is 0 Å². The van der Waals surface area contributed by atoms with E-state index in [1.165, 1.54) is 0 Å². The van der Waals surface area contributed by atoms with Crippen molar-refractivity contribution in [3.8, 4) is 0 Å². The van der Waals surface area contributed by atoms with Crippen LogP contribution in [0.1, 0.15) is 11.1 Å². The minimum absolute atomic E-state index is 0. The van der Waals surface area contributed by atoms with Crippen molar-refractivity contribution >= 4 is 46.5 Å². The summed E-state index contributed by atoms with van der Waals surface area (Å²) in [6.07, 6.45) is 0.630. The van der Waals surface area contributed by atoms with Crippen molar-refractivity contribution in [3.63, 3.8) is 0 Å². The molecule has 0 saturated carbocycles. The molecule has 3 aromatic heterocycles. The van der Waals surface area contributed by atoms with E-state index < -0.39 is 0 Å². The Hall–Kier alpha value is -2.03. The Morgan fingerprint density at radius 3 is 2.70 bits per heavy atom. The number of nitrogens with one attached hydrogen (secondary N) is 2. The van der Waals surface area contributed by atoms with Gasteiger partial charge in [-0.2, -0.15) is 11.3 Å². The fourth-order valence-corrected chi connectivity index (χ4v) is 2.61. The van der Waals surface area contributed by atoms with E-state index in [9.17, 15) is 4.79 Å². The number of nitrogen functional groups attached to an aromatic ring is 2. The molecule has 0 bridgehead atoms. The number of hydrogen-bond acceptors (Lipinski definition) is 5. The van der Waals surface area contributed by atoms with Gasteiger partial charge in [0.25, 0.3) is 5.56 Å². The summed E-state index contributed by atoms with van der Waals surface area (Å²) in [6.45, 7) is 0. The van der Waals surface area contributed by atoms with Crippen molar-refractivity contribution in [2.24, 2.45) is 0 Å². The molecule has 108 valence electrons. The first-order valence-electron chi connectivity index (χ1n) is 5.32. The third-order valence-electron chi connectivity index (χ3n) is 2.77. The van der Waals surface area contributed by atoms with E-state index in [1.54, 1.807) is 11.3 Å². The van der Waals surface area contributed by atoms with Gasteiger partial charge in [-0.05, 0) is 22.4 Å². The topological polar surface area (TPSA) is 145 Å². The second-order valence-corrected chi connectivity index (χ2v) is 4.78. The molecule has 0 unspecified atom stereocenters. The maximum atomic E-state index is 11.7. The zero-order chi connectivity index (χ0) is 12.7. The highest BCUT2D eigenvalue weighted by atomic mass is 35.5. The van der Waals surface area contributed by atoms with Gasteiger partial charge in [0, 0.05) is 12.0 Å². The van der Waals surface area contributed by atoms with Crippen LogP contribution in [0.25, 0.3) is 11.0 Å². The SMILES string of the molecule is Cl.Nc1nc2c(Cc3ccsc3)c(N)[nH]c2c(=O)[nH]1.O. The van der Waals surface area contributed by atoms with Crippen LogP contribution in [0, 0.1) is 0 Å². The molecular weight excluding hydrogens is 302 g/mol. The van der Waals surface area contributed by atoms with E-state index in [-0.39, 0.29) is 29.4 Å². The number of halogens is 1. The van der Waals surface area contributed by atoms with Gasteiger partial charge in [-0.25, -0.2) is 4.98 Å². The lowest BCUT2D eigenvalue weighted by molar-refractivity contribution is 0.824. The van der Waals surface area contributed by atoms with Crippen LogP contribution in [0.2, 0.25) is 0 Å². The first kappa shape index (κ1) is 16.0. The highest BCUT2D eigenvalue weighted by molar-refractivity contribution is 7.07. The first-order chi connectivity index (χ1) is 8.65. The predicted octanol–water partition coefficient (Wildman–Crippen LogP) is 0.665. The Morgan fingerprint density at radius 1 is 1.30 bits per heavy atom. The number of rotatable bonds is 2. The maximum absolute atomic E-state index is 11.7. The summed E-state index contributed by atoms with van der Waals surface area (Å²) < 4.78 is 0. The van der Waals surface area contributed by atoms with Gasteiger partial charge in [-0.3, -0.25) is 9.78 Å². The third kappa shape index (κ3) is 2.62. The van der Waals surface area contributed by atoms with Crippen LogP contribution in [0.3, 0.4) is 0 Å². The zero-order valence-corrected chi connectivity index (χ0v) is 11.9. The van der Waals surface area contributed by atoms with Gasteiger partial charge in [0.2, 0.25) is 5.95 Å². The standard InChI is InChI=1S/C11H11N5OS.ClH.H2O/c12-9-6(3-5-1-2-18-4-5)7-8(14-9)10(17)16-11(13)15-7;;/h1-2,4,14H,3,12H2,(H3,13,15,16,17);1H;1H2. The number of anilines is 2. The monoisotopic (exact) mass is 315 g/mol. The summed E-state index contributed by atoms with van der Waals surface area (Å²) in [5, 5.41) is 4.03. The summed E-state index contributed by atoms with van der Waals surface area (Å²) in [4.78, 5) is 21.2. The van der Waals surface area contributed by atoms with Gasteiger partial charge >= 0.3 is 0 Å². The molecular formula is C11H14ClN5O2S. The van der Waals surface area contributed by atoms with Crippen LogP contribution in [-0.4, -0.2) is 20.4 Å². The number of aromatic nitrogens is 3. The van der Waals surface area contributed by atoms with Gasteiger partial charge < -0.3 is 21.9 Å². The Morgan fingerprint density at radius 2 is 2.05 bits per heavy atom. The number of aromatic amines is 2. The normalized spacial score (nSPS) is 10.0. The van der Waals surface area contributed by atoms with Crippen LogP contribution < -0.4 is 17.0 Å². The van der Waals surface area contributed by atoms with Gasteiger partial charge in [0.1, 0.15) is 16.9 Å². The summed E-state index contributed by atoms with van der Waals surface area (Å²) in [5.74, 6) is 0.554. The number of hydrogen-bond donors (Lipinski definition) is 4. The molecule has 0 aliphatic rings. The smallest absolute Gasteiger partial charge is 0.276 e. The minimum Gasteiger partial charge on any atom is -0.412 e. The van der Waals surface area contributed by atoms with Crippen molar-refractivity contribution in [2.75, 3.05) is 11.5 Å². The fourth-order valence-electron chi connectivity index (χ4n) is 1.94. The molecule has 20 heavy (non-hydrogen) atoms. The van der Waals surface area contributed by atoms with Crippen molar-refractivity contribution in [2.45, 2.75) is 6.42 Å². The molecule has 0 radical (unpaired) electrons. The molecule has 8 N–H and O–H groups in total. The Kier molecular flexibility index (Phi) is 4.77. The average molecular weight is 316 g/mol. The summed E-state index contributed by atoms with van der Waals surface area (Å²) in [5.41, 5.74) is 14.0. The molecule has 0 saturated heterocycles. The summed E-state index contributed by atoms with van der Waals surface area (Å²) in [6, 6.07) is 2.01. The lowest BCUT2D eigenvalue weighted by Gasteiger charge is -1.99. The third-order valence-corrected chi connectivity index (χ3v) is 3.50. The molecule has 7 nitrogen and oxygen atoms in total. The molecule has 0 aliphatic carbocycles. The first-order valence-corrected chi connectivity index (χ1v) is 6.26. The molecule has 3 heterocycles. The second-order valence-electron chi connectivity index (χ2n) is 4.00. The highest BCUT2D eigenvalue weighted by Crippen LogP contribution is 2.24. The Bertz CT molecular complexity index is 765. The summed E-state index contributed by atoms with van der Waals surface area (Å²) in [7, 11) is 0. The number of thiophene rings is 1. The van der Waals surface area contributed by atoms with E-state index >= 15 is 0 Å². The number of fused-ring (bicyclic) bond motifs is 1. The zero-order valence-electron chi connectivity index (χ0n) is 10.3. The van der Waals surface area contributed by atoms with Gasteiger partial charge in [0.15, 0.2) is 0 Å². The van der Waals surface area contributed by atoms with Crippen LogP contribution >= 0.6 is 23.7 Å². The second kappa shape index (κ2) is 5.95. The van der Waals surface area contributed by atoms with Crippen LogP contribution in [-0.2, 0) is 6.42 Å². The molecule has 0 aliphatic heterocycles. The highest BCUT2D eigenvalue weighted by Gasteiger charge is 2.14. The molecule has 0 atom stereocenters. The number of H-pyrrole nitrogens is 2.